The first kappa shape index (κ1) is 14.2. The lowest BCUT2D eigenvalue weighted by molar-refractivity contribution is 0.00564. The van der Waals surface area contributed by atoms with Crippen LogP contribution in [-0.4, -0.2) is 6.61 Å². The minimum atomic E-state index is 0.171. The molecule has 0 heterocycles. The fourth-order valence-electron chi connectivity index (χ4n) is 2.81. The summed E-state index contributed by atoms with van der Waals surface area (Å²) in [7, 11) is 0. The summed E-state index contributed by atoms with van der Waals surface area (Å²) in [4.78, 5) is 0. The van der Waals surface area contributed by atoms with Gasteiger partial charge in [-0.2, -0.15) is 0 Å². The molecule has 1 nitrogen and oxygen atoms in total. The third-order valence-electron chi connectivity index (χ3n) is 3.70. The van der Waals surface area contributed by atoms with E-state index in [9.17, 15) is 0 Å². The second-order valence-corrected chi connectivity index (χ2v) is 5.76. The Morgan fingerprint density at radius 1 is 1.17 bits per heavy atom. The van der Waals surface area contributed by atoms with Crippen molar-refractivity contribution in [2.24, 2.45) is 5.92 Å². The Kier molecular flexibility index (Phi) is 5.35. The largest absolute Gasteiger partial charge is 0.374 e. The quantitative estimate of drug-likeness (QED) is 0.695. The molecule has 18 heavy (non-hydrogen) atoms. The summed E-state index contributed by atoms with van der Waals surface area (Å²) in [6.45, 7) is 2.79. The van der Waals surface area contributed by atoms with Crippen LogP contribution in [-0.2, 0) is 4.74 Å². The third-order valence-corrected chi connectivity index (χ3v) is 4.44. The van der Waals surface area contributed by atoms with E-state index in [1.165, 1.54) is 32.1 Å². The van der Waals surface area contributed by atoms with Crippen LogP contribution in [0, 0.1) is 5.92 Å². The van der Waals surface area contributed by atoms with Gasteiger partial charge in [-0.1, -0.05) is 48.5 Å². The zero-order chi connectivity index (χ0) is 13.0. The second kappa shape index (κ2) is 6.79. The lowest BCUT2D eigenvalue weighted by Crippen LogP contribution is -2.19. The molecule has 1 aliphatic carbocycles. The van der Waals surface area contributed by atoms with Gasteiger partial charge in [-0.05, 0) is 43.4 Å². The minimum absolute atomic E-state index is 0.171. The van der Waals surface area contributed by atoms with Gasteiger partial charge in [0.05, 0.1) is 16.1 Å². The van der Waals surface area contributed by atoms with Crippen molar-refractivity contribution in [3.05, 3.63) is 33.8 Å². The van der Waals surface area contributed by atoms with Crippen LogP contribution in [0.25, 0.3) is 0 Å². The first-order valence-electron chi connectivity index (χ1n) is 6.79. The average molecular weight is 287 g/mol. The van der Waals surface area contributed by atoms with E-state index in [4.69, 9.17) is 27.9 Å². The SMILES string of the molecule is CCOC(c1ccc(Cl)c(Cl)c1)C1CCCCC1. The van der Waals surface area contributed by atoms with Crippen molar-refractivity contribution in [2.75, 3.05) is 6.61 Å². The molecule has 100 valence electrons. The first-order valence-corrected chi connectivity index (χ1v) is 7.54. The normalized spacial score (nSPS) is 18.8. The molecule has 0 aliphatic heterocycles. The maximum Gasteiger partial charge on any atom is 0.0853 e. The van der Waals surface area contributed by atoms with Gasteiger partial charge < -0.3 is 4.74 Å². The highest BCUT2D eigenvalue weighted by atomic mass is 35.5. The predicted octanol–water partition coefficient (Wildman–Crippen LogP) is 5.65. The molecule has 1 unspecified atom stereocenters. The van der Waals surface area contributed by atoms with E-state index in [0.29, 0.717) is 16.0 Å². The Hall–Kier alpha value is -0.240. The highest BCUT2D eigenvalue weighted by molar-refractivity contribution is 6.42. The van der Waals surface area contributed by atoms with Gasteiger partial charge in [0.25, 0.3) is 0 Å². The number of ether oxygens (including phenoxy) is 1. The monoisotopic (exact) mass is 286 g/mol. The van der Waals surface area contributed by atoms with Crippen LogP contribution in [0.3, 0.4) is 0 Å². The Labute approximate surface area is 119 Å². The van der Waals surface area contributed by atoms with E-state index in [-0.39, 0.29) is 6.10 Å². The molecule has 1 fully saturated rings. The second-order valence-electron chi connectivity index (χ2n) is 4.95. The van der Waals surface area contributed by atoms with E-state index >= 15 is 0 Å². The van der Waals surface area contributed by atoms with Crippen molar-refractivity contribution in [1.29, 1.82) is 0 Å². The van der Waals surface area contributed by atoms with Crippen LogP contribution in [0.5, 0.6) is 0 Å². The van der Waals surface area contributed by atoms with Crippen LogP contribution in [0.15, 0.2) is 18.2 Å². The first-order chi connectivity index (χ1) is 8.72. The van der Waals surface area contributed by atoms with Gasteiger partial charge in [0, 0.05) is 6.61 Å². The molecule has 2 rings (SSSR count). The molecular formula is C15H20Cl2O. The lowest BCUT2D eigenvalue weighted by atomic mass is 9.82. The van der Waals surface area contributed by atoms with E-state index < -0.39 is 0 Å². The molecule has 1 aliphatic rings. The van der Waals surface area contributed by atoms with E-state index in [1.807, 2.05) is 25.1 Å². The summed E-state index contributed by atoms with van der Waals surface area (Å²) in [5.41, 5.74) is 1.16. The molecule has 0 aromatic heterocycles. The zero-order valence-electron chi connectivity index (χ0n) is 10.8. The maximum atomic E-state index is 6.11. The number of hydrogen-bond donors (Lipinski definition) is 0. The van der Waals surface area contributed by atoms with Crippen molar-refractivity contribution in [1.82, 2.24) is 0 Å². The van der Waals surface area contributed by atoms with Crippen molar-refractivity contribution < 1.29 is 4.74 Å². The third kappa shape index (κ3) is 3.40. The summed E-state index contributed by atoms with van der Waals surface area (Å²) in [6, 6.07) is 5.87. The van der Waals surface area contributed by atoms with Gasteiger partial charge in [-0.15, -0.1) is 0 Å². The van der Waals surface area contributed by atoms with E-state index in [0.717, 1.165) is 12.2 Å². The van der Waals surface area contributed by atoms with Crippen LogP contribution in [0.1, 0.15) is 50.7 Å². The molecule has 0 radical (unpaired) electrons. The number of rotatable bonds is 4. The summed E-state index contributed by atoms with van der Waals surface area (Å²) in [5, 5.41) is 1.23. The summed E-state index contributed by atoms with van der Waals surface area (Å²) < 4.78 is 5.96. The molecule has 0 saturated heterocycles. The molecular weight excluding hydrogens is 267 g/mol. The van der Waals surface area contributed by atoms with Gasteiger partial charge in [0.15, 0.2) is 0 Å². The average Bonchev–Trinajstić information content (AvgIpc) is 2.40. The molecule has 3 heteroatoms. The lowest BCUT2D eigenvalue weighted by Gasteiger charge is -2.30. The van der Waals surface area contributed by atoms with Gasteiger partial charge in [0.2, 0.25) is 0 Å². The molecule has 1 aromatic carbocycles. The highest BCUT2D eigenvalue weighted by Gasteiger charge is 2.25. The molecule has 1 atom stereocenters. The Morgan fingerprint density at radius 2 is 1.89 bits per heavy atom. The van der Waals surface area contributed by atoms with Crippen LogP contribution < -0.4 is 0 Å². The highest BCUT2D eigenvalue weighted by Crippen LogP contribution is 2.38. The summed E-state index contributed by atoms with van der Waals surface area (Å²) >= 11 is 12.1. The number of halogens is 2. The zero-order valence-corrected chi connectivity index (χ0v) is 12.3. The van der Waals surface area contributed by atoms with Gasteiger partial charge in [-0.3, -0.25) is 0 Å². The fraction of sp³-hybridized carbons (Fsp3) is 0.600. The summed E-state index contributed by atoms with van der Waals surface area (Å²) in [6.07, 6.45) is 6.67. The van der Waals surface area contributed by atoms with Crippen LogP contribution in [0.4, 0.5) is 0 Å². The van der Waals surface area contributed by atoms with Gasteiger partial charge in [0.1, 0.15) is 0 Å². The minimum Gasteiger partial charge on any atom is -0.374 e. The molecule has 0 amide bonds. The van der Waals surface area contributed by atoms with Gasteiger partial charge >= 0.3 is 0 Å². The Bertz CT molecular complexity index is 386. The standard InChI is InChI=1S/C15H20Cl2O/c1-2-18-15(11-6-4-3-5-7-11)12-8-9-13(16)14(17)10-12/h8-11,15H,2-7H2,1H3. The Balaban J connectivity index is 2.19. The topological polar surface area (TPSA) is 9.23 Å². The molecule has 0 bridgehead atoms. The number of benzene rings is 1. The molecule has 0 spiro atoms. The van der Waals surface area contributed by atoms with E-state index in [1.54, 1.807) is 0 Å². The smallest absolute Gasteiger partial charge is 0.0853 e. The number of hydrogen-bond acceptors (Lipinski definition) is 1. The van der Waals surface area contributed by atoms with Crippen molar-refractivity contribution >= 4 is 23.2 Å². The molecule has 0 N–H and O–H groups in total. The van der Waals surface area contributed by atoms with Crippen molar-refractivity contribution in [3.8, 4) is 0 Å². The molecule has 1 aromatic rings. The summed E-state index contributed by atoms with van der Waals surface area (Å²) in [5.74, 6) is 0.621. The van der Waals surface area contributed by atoms with Crippen LogP contribution in [0.2, 0.25) is 10.0 Å². The predicted molar refractivity (Wildman–Crippen MR) is 77.4 cm³/mol. The fourth-order valence-corrected chi connectivity index (χ4v) is 3.12. The van der Waals surface area contributed by atoms with E-state index in [2.05, 4.69) is 0 Å². The van der Waals surface area contributed by atoms with Crippen LogP contribution >= 0.6 is 23.2 Å². The van der Waals surface area contributed by atoms with Crippen molar-refractivity contribution in [3.63, 3.8) is 0 Å². The maximum absolute atomic E-state index is 6.11. The van der Waals surface area contributed by atoms with Gasteiger partial charge in [-0.25, -0.2) is 0 Å². The molecule has 1 saturated carbocycles. The Morgan fingerprint density at radius 3 is 2.50 bits per heavy atom. The van der Waals surface area contributed by atoms with Crippen molar-refractivity contribution in [2.45, 2.75) is 45.1 Å².